The molecule has 0 fully saturated rings. The Balaban J connectivity index is 1.38. The van der Waals surface area contributed by atoms with Gasteiger partial charge in [0, 0.05) is 52.1 Å². The summed E-state index contributed by atoms with van der Waals surface area (Å²) in [6.07, 6.45) is 2.78. The van der Waals surface area contributed by atoms with Crippen molar-refractivity contribution >= 4 is 11.0 Å². The number of allylic oxidation sites excluding steroid dienone is 2. The first-order chi connectivity index (χ1) is 20.2. The van der Waals surface area contributed by atoms with Crippen molar-refractivity contribution in [3.63, 3.8) is 0 Å². The lowest BCUT2D eigenvalue weighted by Gasteiger charge is -2.55. The third-order valence-electron chi connectivity index (χ3n) is 8.78. The topological polar surface area (TPSA) is 133 Å². The number of furan rings is 1. The first kappa shape index (κ1) is 24.5. The van der Waals surface area contributed by atoms with E-state index < -0.39 is 11.7 Å². The van der Waals surface area contributed by atoms with Crippen LogP contribution in [0.15, 0.2) is 88.9 Å². The molecule has 8 heteroatoms. The fraction of sp³-hybridized carbons (Fsp3) is 0.176. The first-order valence-electron chi connectivity index (χ1n) is 13.7. The van der Waals surface area contributed by atoms with Crippen LogP contribution >= 0.6 is 0 Å². The lowest BCUT2D eigenvalue weighted by Crippen LogP contribution is -2.56. The summed E-state index contributed by atoms with van der Waals surface area (Å²) in [6.45, 7) is 2.05. The van der Waals surface area contributed by atoms with Crippen LogP contribution in [0.1, 0.15) is 41.9 Å². The minimum Gasteiger partial charge on any atom is -0.508 e. The van der Waals surface area contributed by atoms with Gasteiger partial charge in [-0.2, -0.15) is 0 Å². The van der Waals surface area contributed by atoms with Crippen LogP contribution in [0, 0.1) is 5.92 Å². The number of phenols is 5. The summed E-state index contributed by atoms with van der Waals surface area (Å²) in [5, 5.41) is 53.9. The zero-order chi connectivity index (χ0) is 28.9. The number of phenolic OH excluding ortho intramolecular Hbond substituents is 5. The van der Waals surface area contributed by atoms with E-state index in [0.29, 0.717) is 46.0 Å². The molecule has 210 valence electrons. The minimum atomic E-state index is -1.57. The van der Waals surface area contributed by atoms with Crippen molar-refractivity contribution in [3.8, 4) is 51.6 Å². The molecule has 1 aromatic heterocycles. The van der Waals surface area contributed by atoms with Crippen LogP contribution < -0.4 is 9.47 Å². The van der Waals surface area contributed by atoms with Crippen molar-refractivity contribution < 1.29 is 39.4 Å². The van der Waals surface area contributed by atoms with Gasteiger partial charge in [-0.25, -0.2) is 0 Å². The molecule has 0 saturated carbocycles. The smallest absolute Gasteiger partial charge is 0.285 e. The zero-order valence-electron chi connectivity index (χ0n) is 22.4. The highest BCUT2D eigenvalue weighted by atomic mass is 16.7. The summed E-state index contributed by atoms with van der Waals surface area (Å²) < 4.78 is 19.5. The summed E-state index contributed by atoms with van der Waals surface area (Å²) in [4.78, 5) is 0. The molecule has 4 aromatic carbocycles. The molecule has 3 aliphatic rings. The highest BCUT2D eigenvalue weighted by molar-refractivity contribution is 5.84. The van der Waals surface area contributed by atoms with E-state index in [1.165, 1.54) is 24.3 Å². The second-order valence-corrected chi connectivity index (χ2v) is 11.4. The van der Waals surface area contributed by atoms with E-state index in [4.69, 9.17) is 13.9 Å². The maximum Gasteiger partial charge on any atom is 0.285 e. The fourth-order valence-electron chi connectivity index (χ4n) is 7.12. The number of rotatable bonds is 2. The van der Waals surface area contributed by atoms with Crippen LogP contribution in [0.2, 0.25) is 0 Å². The predicted molar refractivity (Wildman–Crippen MR) is 153 cm³/mol. The largest absolute Gasteiger partial charge is 0.508 e. The van der Waals surface area contributed by atoms with E-state index in [9.17, 15) is 25.5 Å². The molecule has 0 bridgehead atoms. The molecule has 42 heavy (non-hydrogen) atoms. The normalized spacial score (nSPS) is 23.6. The van der Waals surface area contributed by atoms with Gasteiger partial charge in [0.15, 0.2) is 0 Å². The maximum atomic E-state index is 11.5. The maximum absolute atomic E-state index is 11.5. The highest BCUT2D eigenvalue weighted by Gasteiger charge is 2.61. The van der Waals surface area contributed by atoms with Crippen molar-refractivity contribution in [2.45, 2.75) is 31.0 Å². The molecule has 0 spiro atoms. The molecule has 8 rings (SSSR count). The Labute approximate surface area is 239 Å². The fourth-order valence-corrected chi connectivity index (χ4v) is 7.12. The van der Waals surface area contributed by atoms with Crippen molar-refractivity contribution in [1.82, 2.24) is 0 Å². The van der Waals surface area contributed by atoms with E-state index in [1.807, 2.05) is 12.1 Å². The summed E-state index contributed by atoms with van der Waals surface area (Å²) in [7, 11) is 0. The molecule has 5 aromatic rings. The van der Waals surface area contributed by atoms with Crippen molar-refractivity contribution in [3.05, 3.63) is 101 Å². The lowest BCUT2D eigenvalue weighted by atomic mass is 9.61. The zero-order valence-corrected chi connectivity index (χ0v) is 22.4. The summed E-state index contributed by atoms with van der Waals surface area (Å²) in [6, 6.07) is 19.4. The van der Waals surface area contributed by atoms with Crippen molar-refractivity contribution in [1.29, 1.82) is 0 Å². The Bertz CT molecular complexity index is 1970. The standard InChI is InChI=1S/C34H26O8/c1-16-8-23-22-6-4-21(37)15-30(22)41-34(25-7-5-19(35)13-26(25)38)33(23)24(9-16)32-27(39)10-18(12-31(32)42-34)28-11-17-2-3-20(36)14-29(17)40-28/h2-8,10-15,23-24,33,35-39H,9H2,1H3. The lowest BCUT2D eigenvalue weighted by molar-refractivity contribution is -0.198. The number of hydrogen-bond donors (Lipinski definition) is 5. The molecule has 5 N–H and O–H groups in total. The quantitative estimate of drug-likeness (QED) is 0.144. The Morgan fingerprint density at radius 3 is 2.31 bits per heavy atom. The van der Waals surface area contributed by atoms with Crippen LogP contribution in [0.25, 0.3) is 22.3 Å². The van der Waals surface area contributed by atoms with Crippen LogP contribution in [0.3, 0.4) is 0 Å². The molecule has 2 aliphatic heterocycles. The molecule has 4 atom stereocenters. The molecule has 8 nitrogen and oxygen atoms in total. The summed E-state index contributed by atoms with van der Waals surface area (Å²) in [5.41, 5.74) is 3.99. The Morgan fingerprint density at radius 1 is 0.738 bits per heavy atom. The molecular weight excluding hydrogens is 536 g/mol. The summed E-state index contributed by atoms with van der Waals surface area (Å²) in [5.74, 6) is -1.39. The molecule has 0 amide bonds. The van der Waals surface area contributed by atoms with Gasteiger partial charge in [-0.05, 0) is 61.9 Å². The highest BCUT2D eigenvalue weighted by Crippen LogP contribution is 2.65. The Morgan fingerprint density at radius 2 is 1.48 bits per heavy atom. The molecular formula is C34H26O8. The van der Waals surface area contributed by atoms with Crippen LogP contribution in [-0.2, 0) is 5.79 Å². The van der Waals surface area contributed by atoms with Crippen LogP contribution in [0.4, 0.5) is 0 Å². The Kier molecular flexibility index (Phi) is 4.90. The van der Waals surface area contributed by atoms with Gasteiger partial charge < -0.3 is 39.4 Å². The molecule has 1 aliphatic carbocycles. The number of benzene rings is 4. The SMILES string of the molecule is CC1=CC2c3ccc(O)cc3OC3(c4ccc(O)cc4O)Oc4cc(-c5cc6ccc(O)cc6o5)cc(O)c4C(C1)C23. The monoisotopic (exact) mass is 562 g/mol. The van der Waals surface area contributed by atoms with Gasteiger partial charge in [-0.1, -0.05) is 17.7 Å². The third kappa shape index (κ3) is 3.41. The van der Waals surface area contributed by atoms with Crippen LogP contribution in [-0.4, -0.2) is 25.5 Å². The summed E-state index contributed by atoms with van der Waals surface area (Å²) >= 11 is 0. The molecule has 3 heterocycles. The number of hydrogen-bond acceptors (Lipinski definition) is 8. The van der Waals surface area contributed by atoms with Gasteiger partial charge in [0.2, 0.25) is 0 Å². The Hall–Kier alpha value is -5.24. The molecule has 0 saturated heterocycles. The number of ether oxygens (including phenoxy) is 2. The van der Waals surface area contributed by atoms with Crippen molar-refractivity contribution in [2.24, 2.45) is 5.92 Å². The van der Waals surface area contributed by atoms with E-state index >= 15 is 0 Å². The van der Waals surface area contributed by atoms with Gasteiger partial charge >= 0.3 is 0 Å². The van der Waals surface area contributed by atoms with Gasteiger partial charge in [-0.3, -0.25) is 0 Å². The first-order valence-corrected chi connectivity index (χ1v) is 13.7. The van der Waals surface area contributed by atoms with Gasteiger partial charge in [0.25, 0.3) is 5.79 Å². The van der Waals surface area contributed by atoms with Gasteiger partial charge in [0.05, 0.1) is 11.5 Å². The second kappa shape index (κ2) is 8.39. The van der Waals surface area contributed by atoms with Crippen LogP contribution in [0.5, 0.6) is 40.2 Å². The van der Waals surface area contributed by atoms with E-state index in [2.05, 4.69) is 13.0 Å². The van der Waals surface area contributed by atoms with E-state index in [-0.39, 0.29) is 40.6 Å². The van der Waals surface area contributed by atoms with Gasteiger partial charge in [0.1, 0.15) is 51.6 Å². The number of aromatic hydroxyl groups is 5. The van der Waals surface area contributed by atoms with Crippen molar-refractivity contribution in [2.75, 3.05) is 0 Å². The average molecular weight is 563 g/mol. The molecule has 4 unspecified atom stereocenters. The minimum absolute atomic E-state index is 0.0254. The molecule has 0 radical (unpaired) electrons. The third-order valence-corrected chi connectivity index (χ3v) is 8.78. The van der Waals surface area contributed by atoms with E-state index in [1.54, 1.807) is 36.4 Å². The van der Waals surface area contributed by atoms with E-state index in [0.717, 1.165) is 16.5 Å². The predicted octanol–water partition coefficient (Wildman–Crippen LogP) is 7.10. The van der Waals surface area contributed by atoms with Gasteiger partial charge in [-0.15, -0.1) is 0 Å². The average Bonchev–Trinajstić information content (AvgIpc) is 3.35. The number of fused-ring (bicyclic) bond motifs is 5. The second-order valence-electron chi connectivity index (χ2n) is 11.4.